The molecule has 0 saturated heterocycles. The topological polar surface area (TPSA) is 101 Å². The molecule has 4 heterocycles. The van der Waals surface area contributed by atoms with Gasteiger partial charge in [0.2, 0.25) is 0 Å². The minimum Gasteiger partial charge on any atom is -0.343 e. The number of rotatable bonds is 3. The SMILES string of the molecule is Cc1[nH]c2ncnc(NC(=O)c3cccc(-n4cccn4)n3)c2c1C. The van der Waals surface area contributed by atoms with E-state index in [4.69, 9.17) is 0 Å². The molecule has 0 spiro atoms. The van der Waals surface area contributed by atoms with E-state index >= 15 is 0 Å². The summed E-state index contributed by atoms with van der Waals surface area (Å²) in [5.41, 5.74) is 2.97. The number of H-pyrrole nitrogens is 1. The van der Waals surface area contributed by atoms with Crippen molar-refractivity contribution in [1.29, 1.82) is 0 Å². The number of aromatic nitrogens is 6. The first kappa shape index (κ1) is 15.0. The van der Waals surface area contributed by atoms with E-state index in [1.807, 2.05) is 13.8 Å². The number of carbonyl (C=O) groups excluding carboxylic acids is 1. The smallest absolute Gasteiger partial charge is 0.275 e. The maximum Gasteiger partial charge on any atom is 0.275 e. The van der Waals surface area contributed by atoms with Crippen molar-refractivity contribution in [3.63, 3.8) is 0 Å². The molecule has 0 aliphatic rings. The highest BCUT2D eigenvalue weighted by atomic mass is 16.1. The number of amides is 1. The van der Waals surface area contributed by atoms with E-state index in [9.17, 15) is 4.79 Å². The Morgan fingerprint density at radius 1 is 1.20 bits per heavy atom. The maximum absolute atomic E-state index is 12.6. The Bertz CT molecular complexity index is 1070. The fraction of sp³-hybridized carbons (Fsp3) is 0.118. The van der Waals surface area contributed by atoms with Crippen molar-refractivity contribution in [2.45, 2.75) is 13.8 Å². The molecule has 0 unspecified atom stereocenters. The first-order valence-corrected chi connectivity index (χ1v) is 7.72. The number of carbonyl (C=O) groups is 1. The Balaban J connectivity index is 1.68. The molecule has 4 rings (SSSR count). The van der Waals surface area contributed by atoms with E-state index < -0.39 is 0 Å². The van der Waals surface area contributed by atoms with E-state index in [1.165, 1.54) is 6.33 Å². The van der Waals surface area contributed by atoms with Crippen LogP contribution in [0.1, 0.15) is 21.7 Å². The highest BCUT2D eigenvalue weighted by Gasteiger charge is 2.15. The van der Waals surface area contributed by atoms with E-state index in [0.717, 1.165) is 16.6 Å². The van der Waals surface area contributed by atoms with Gasteiger partial charge in [0.1, 0.15) is 23.5 Å². The van der Waals surface area contributed by atoms with Gasteiger partial charge >= 0.3 is 0 Å². The molecular weight excluding hydrogens is 318 g/mol. The highest BCUT2D eigenvalue weighted by Crippen LogP contribution is 2.25. The third-order valence-electron chi connectivity index (χ3n) is 4.03. The van der Waals surface area contributed by atoms with Crippen molar-refractivity contribution < 1.29 is 4.79 Å². The van der Waals surface area contributed by atoms with Gasteiger partial charge in [0, 0.05) is 18.1 Å². The molecule has 8 heteroatoms. The summed E-state index contributed by atoms with van der Waals surface area (Å²) in [7, 11) is 0. The number of hydrogen-bond acceptors (Lipinski definition) is 5. The summed E-state index contributed by atoms with van der Waals surface area (Å²) >= 11 is 0. The zero-order chi connectivity index (χ0) is 17.4. The second-order valence-electron chi connectivity index (χ2n) is 5.61. The quantitative estimate of drug-likeness (QED) is 0.599. The van der Waals surface area contributed by atoms with E-state index in [1.54, 1.807) is 41.3 Å². The van der Waals surface area contributed by atoms with Gasteiger partial charge in [-0.05, 0) is 37.6 Å². The summed E-state index contributed by atoms with van der Waals surface area (Å²) in [6.07, 6.45) is 4.84. The lowest BCUT2D eigenvalue weighted by Gasteiger charge is -2.07. The predicted molar refractivity (Wildman–Crippen MR) is 92.7 cm³/mol. The molecule has 0 fully saturated rings. The molecule has 0 saturated carbocycles. The highest BCUT2D eigenvalue weighted by molar-refractivity contribution is 6.07. The fourth-order valence-electron chi connectivity index (χ4n) is 2.64. The van der Waals surface area contributed by atoms with Crippen molar-refractivity contribution in [1.82, 2.24) is 29.7 Å². The van der Waals surface area contributed by atoms with Crippen LogP contribution in [-0.2, 0) is 0 Å². The predicted octanol–water partition coefficient (Wildman–Crippen LogP) is 2.41. The Kier molecular flexibility index (Phi) is 3.50. The van der Waals surface area contributed by atoms with Gasteiger partial charge in [-0.25, -0.2) is 19.6 Å². The Labute approximate surface area is 143 Å². The van der Waals surface area contributed by atoms with Crippen LogP contribution >= 0.6 is 0 Å². The summed E-state index contributed by atoms with van der Waals surface area (Å²) in [5.74, 6) is 0.689. The number of hydrogen-bond donors (Lipinski definition) is 2. The van der Waals surface area contributed by atoms with Crippen LogP contribution < -0.4 is 5.32 Å². The van der Waals surface area contributed by atoms with Crippen molar-refractivity contribution in [2.24, 2.45) is 0 Å². The first-order valence-electron chi connectivity index (χ1n) is 7.72. The number of nitrogens with zero attached hydrogens (tertiary/aromatic N) is 5. The second-order valence-corrected chi connectivity index (χ2v) is 5.61. The lowest BCUT2D eigenvalue weighted by Crippen LogP contribution is -2.16. The van der Waals surface area contributed by atoms with E-state index in [0.29, 0.717) is 17.3 Å². The lowest BCUT2D eigenvalue weighted by atomic mass is 10.2. The van der Waals surface area contributed by atoms with Crippen LogP contribution in [0.2, 0.25) is 0 Å². The number of pyridine rings is 1. The van der Waals surface area contributed by atoms with E-state index in [2.05, 4.69) is 30.4 Å². The molecule has 0 radical (unpaired) electrons. The number of fused-ring (bicyclic) bond motifs is 1. The van der Waals surface area contributed by atoms with E-state index in [-0.39, 0.29) is 11.6 Å². The molecule has 0 aromatic carbocycles. The number of aryl methyl sites for hydroxylation is 2. The molecule has 0 aliphatic heterocycles. The molecule has 4 aromatic rings. The number of nitrogens with one attached hydrogen (secondary N) is 2. The second kappa shape index (κ2) is 5.82. The Hall–Kier alpha value is -3.55. The van der Waals surface area contributed by atoms with Gasteiger partial charge in [-0.3, -0.25) is 4.79 Å². The third kappa shape index (κ3) is 2.63. The van der Waals surface area contributed by atoms with Crippen molar-refractivity contribution in [3.8, 4) is 5.82 Å². The van der Waals surface area contributed by atoms with Crippen molar-refractivity contribution in [3.05, 3.63) is 59.9 Å². The minimum atomic E-state index is -0.341. The molecule has 2 N–H and O–H groups in total. The first-order chi connectivity index (χ1) is 12.1. The van der Waals surface area contributed by atoms with Gasteiger partial charge in [0.15, 0.2) is 5.82 Å². The van der Waals surface area contributed by atoms with Gasteiger partial charge in [-0.1, -0.05) is 6.07 Å². The monoisotopic (exact) mass is 333 g/mol. The van der Waals surface area contributed by atoms with Crippen LogP contribution in [0.3, 0.4) is 0 Å². The van der Waals surface area contributed by atoms with Gasteiger partial charge in [-0.2, -0.15) is 5.10 Å². The zero-order valence-electron chi connectivity index (χ0n) is 13.7. The summed E-state index contributed by atoms with van der Waals surface area (Å²) in [6.45, 7) is 3.92. The van der Waals surface area contributed by atoms with Crippen LogP contribution in [-0.4, -0.2) is 35.6 Å². The average Bonchev–Trinajstić information content (AvgIpc) is 3.25. The Morgan fingerprint density at radius 2 is 2.08 bits per heavy atom. The minimum absolute atomic E-state index is 0.282. The number of anilines is 1. The van der Waals surface area contributed by atoms with Gasteiger partial charge in [-0.15, -0.1) is 0 Å². The van der Waals surface area contributed by atoms with Crippen LogP contribution in [0, 0.1) is 13.8 Å². The standard InChI is InChI=1S/C17H15N7O/c1-10-11(2)21-15-14(10)16(19-9-18-15)23-17(25)12-5-3-6-13(22-12)24-8-4-7-20-24/h3-9H,1-2H3,(H2,18,19,21,23,25). The maximum atomic E-state index is 12.6. The number of aromatic amines is 1. The fourth-order valence-corrected chi connectivity index (χ4v) is 2.64. The summed E-state index contributed by atoms with van der Waals surface area (Å²) in [6, 6.07) is 6.99. The molecular formula is C17H15N7O. The van der Waals surface area contributed by atoms with Crippen LogP contribution in [0.5, 0.6) is 0 Å². The largest absolute Gasteiger partial charge is 0.343 e. The molecule has 8 nitrogen and oxygen atoms in total. The van der Waals surface area contributed by atoms with Crippen LogP contribution in [0.4, 0.5) is 5.82 Å². The molecule has 1 amide bonds. The van der Waals surface area contributed by atoms with Crippen LogP contribution in [0.25, 0.3) is 16.9 Å². The zero-order valence-corrected chi connectivity index (χ0v) is 13.7. The molecule has 0 bridgehead atoms. The molecule has 124 valence electrons. The summed E-state index contributed by atoms with van der Waals surface area (Å²) in [4.78, 5) is 28.6. The van der Waals surface area contributed by atoms with Gasteiger partial charge in [0.05, 0.1) is 5.39 Å². The Morgan fingerprint density at radius 3 is 2.88 bits per heavy atom. The van der Waals surface area contributed by atoms with Gasteiger partial charge in [0.25, 0.3) is 5.91 Å². The summed E-state index contributed by atoms with van der Waals surface area (Å²) in [5, 5.41) is 7.75. The van der Waals surface area contributed by atoms with Crippen LogP contribution in [0.15, 0.2) is 43.0 Å². The lowest BCUT2D eigenvalue weighted by molar-refractivity contribution is 0.102. The van der Waals surface area contributed by atoms with Crippen molar-refractivity contribution >= 4 is 22.8 Å². The normalized spacial score (nSPS) is 11.0. The molecule has 0 atom stereocenters. The average molecular weight is 333 g/mol. The van der Waals surface area contributed by atoms with Gasteiger partial charge < -0.3 is 10.3 Å². The molecule has 0 aliphatic carbocycles. The molecule has 25 heavy (non-hydrogen) atoms. The third-order valence-corrected chi connectivity index (χ3v) is 4.03. The molecule has 4 aromatic heterocycles. The van der Waals surface area contributed by atoms with Crippen molar-refractivity contribution in [2.75, 3.05) is 5.32 Å². The summed E-state index contributed by atoms with van der Waals surface area (Å²) < 4.78 is 1.60.